The van der Waals surface area contributed by atoms with Gasteiger partial charge < -0.3 is 14.2 Å². The first-order valence-corrected chi connectivity index (χ1v) is 14.6. The van der Waals surface area contributed by atoms with Crippen LogP contribution >= 0.6 is 0 Å². The lowest BCUT2D eigenvalue weighted by Gasteiger charge is -2.26. The number of aryl methyl sites for hydroxylation is 4. The summed E-state index contributed by atoms with van der Waals surface area (Å²) >= 11 is 0. The summed E-state index contributed by atoms with van der Waals surface area (Å²) in [7, 11) is 0. The third kappa shape index (κ3) is 7.37. The monoisotopic (exact) mass is 531 g/mol. The van der Waals surface area contributed by atoms with E-state index in [0.29, 0.717) is 25.0 Å². The fourth-order valence-corrected chi connectivity index (χ4v) is 5.06. The van der Waals surface area contributed by atoms with Crippen molar-refractivity contribution in [1.29, 1.82) is 0 Å². The van der Waals surface area contributed by atoms with Crippen LogP contribution in [0.4, 0.5) is 0 Å². The Morgan fingerprint density at radius 3 is 2.33 bits per heavy atom. The third-order valence-electron chi connectivity index (χ3n) is 7.61. The van der Waals surface area contributed by atoms with Crippen LogP contribution in [-0.2, 0) is 24.2 Å². The Morgan fingerprint density at radius 1 is 0.949 bits per heavy atom. The van der Waals surface area contributed by atoms with E-state index in [4.69, 9.17) is 24.2 Å². The minimum absolute atomic E-state index is 0.364. The predicted molar refractivity (Wildman–Crippen MR) is 158 cm³/mol. The van der Waals surface area contributed by atoms with E-state index >= 15 is 0 Å². The number of hydrogen-bond donors (Lipinski definition) is 0. The summed E-state index contributed by atoms with van der Waals surface area (Å²) in [6, 6.07) is 12.9. The Hall–Kier alpha value is -2.96. The number of benzene rings is 2. The number of ether oxygens (including phenoxy) is 3. The molecule has 0 saturated carbocycles. The van der Waals surface area contributed by atoms with Crippen LogP contribution < -0.4 is 9.47 Å². The molecule has 0 N–H and O–H groups in total. The third-order valence-corrected chi connectivity index (χ3v) is 7.61. The van der Waals surface area contributed by atoms with Gasteiger partial charge in [0.15, 0.2) is 5.82 Å². The molecule has 2 heterocycles. The average molecular weight is 532 g/mol. The first kappa shape index (κ1) is 29.0. The number of hydrogen-bond acceptors (Lipinski definition) is 6. The van der Waals surface area contributed by atoms with E-state index in [-0.39, 0.29) is 0 Å². The maximum atomic E-state index is 6.41. The van der Waals surface area contributed by atoms with E-state index in [1.54, 1.807) is 0 Å². The Labute approximate surface area is 234 Å². The average Bonchev–Trinajstić information content (AvgIpc) is 2.95. The van der Waals surface area contributed by atoms with Crippen LogP contribution in [0.2, 0.25) is 0 Å². The van der Waals surface area contributed by atoms with Gasteiger partial charge in [-0.2, -0.15) is 4.98 Å². The van der Waals surface area contributed by atoms with E-state index in [2.05, 4.69) is 75.9 Å². The van der Waals surface area contributed by atoms with E-state index < -0.39 is 0 Å². The Morgan fingerprint density at radius 2 is 1.67 bits per heavy atom. The van der Waals surface area contributed by atoms with Crippen molar-refractivity contribution in [3.05, 3.63) is 69.9 Å². The maximum Gasteiger partial charge on any atom is 0.223 e. The summed E-state index contributed by atoms with van der Waals surface area (Å²) < 4.78 is 18.3. The Balaban J connectivity index is 1.62. The number of aromatic nitrogens is 2. The Bertz CT molecular complexity index is 1210. The second-order valence-corrected chi connectivity index (χ2v) is 10.7. The molecule has 1 saturated heterocycles. The van der Waals surface area contributed by atoms with Gasteiger partial charge in [0.25, 0.3) is 0 Å². The highest BCUT2D eigenvalue weighted by Crippen LogP contribution is 2.32. The largest absolute Gasteiger partial charge is 0.488 e. The molecular formula is C33H45N3O3. The molecule has 0 unspecified atom stereocenters. The lowest BCUT2D eigenvalue weighted by atomic mass is 9.96. The van der Waals surface area contributed by atoms with Gasteiger partial charge in [-0.15, -0.1) is 0 Å². The van der Waals surface area contributed by atoms with Gasteiger partial charge >= 0.3 is 0 Å². The maximum absolute atomic E-state index is 6.41. The van der Waals surface area contributed by atoms with Crippen LogP contribution in [0.5, 0.6) is 11.6 Å². The molecule has 0 aliphatic carbocycles. The minimum atomic E-state index is 0.364. The molecule has 1 aliphatic rings. The molecule has 1 aliphatic heterocycles. The van der Waals surface area contributed by atoms with Crippen LogP contribution in [0.3, 0.4) is 0 Å². The zero-order chi connectivity index (χ0) is 27.8. The highest BCUT2D eigenvalue weighted by atomic mass is 16.5. The fourth-order valence-electron chi connectivity index (χ4n) is 5.06. The van der Waals surface area contributed by atoms with Crippen LogP contribution in [-0.4, -0.2) is 54.3 Å². The highest BCUT2D eigenvalue weighted by molar-refractivity contribution is 5.66. The minimum Gasteiger partial charge on any atom is -0.488 e. The van der Waals surface area contributed by atoms with Crippen molar-refractivity contribution in [3.63, 3.8) is 0 Å². The van der Waals surface area contributed by atoms with Gasteiger partial charge in [0.2, 0.25) is 5.88 Å². The standard InChI is InChI=1S/C33H45N3O3/c1-7-26-11-9-12-27(8-2)31(26)32-34-25(6)29(22-39-30-21-28(23(3)4)14-13-24(30)5)33(35-32)38-18-10-15-36-16-19-37-20-17-36/h9,11-14,21,23H,7-8,10,15-20,22H2,1-6H3. The molecule has 4 rings (SSSR count). The summed E-state index contributed by atoms with van der Waals surface area (Å²) in [5.41, 5.74) is 7.85. The van der Waals surface area contributed by atoms with Crippen molar-refractivity contribution in [1.82, 2.24) is 14.9 Å². The van der Waals surface area contributed by atoms with Crippen molar-refractivity contribution in [2.24, 2.45) is 0 Å². The molecule has 6 heteroatoms. The van der Waals surface area contributed by atoms with E-state index in [0.717, 1.165) is 86.1 Å². The van der Waals surface area contributed by atoms with Crippen molar-refractivity contribution in [2.45, 2.75) is 73.3 Å². The molecule has 0 bridgehead atoms. The van der Waals surface area contributed by atoms with Crippen molar-refractivity contribution in [3.8, 4) is 23.0 Å². The smallest absolute Gasteiger partial charge is 0.223 e. The normalized spacial score (nSPS) is 14.1. The predicted octanol–water partition coefficient (Wildman–Crippen LogP) is 6.69. The van der Waals surface area contributed by atoms with Gasteiger partial charge in [0, 0.05) is 25.2 Å². The van der Waals surface area contributed by atoms with Crippen LogP contribution in [0.15, 0.2) is 36.4 Å². The molecule has 3 aromatic rings. The second kappa shape index (κ2) is 13.9. The Kier molecular flexibility index (Phi) is 10.4. The SMILES string of the molecule is CCc1cccc(CC)c1-c1nc(C)c(COc2cc(C(C)C)ccc2C)c(OCCCN2CCOCC2)n1. The molecule has 39 heavy (non-hydrogen) atoms. The summed E-state index contributed by atoms with van der Waals surface area (Å²) in [4.78, 5) is 12.5. The number of nitrogens with zero attached hydrogens (tertiary/aromatic N) is 3. The zero-order valence-corrected chi connectivity index (χ0v) is 24.7. The molecule has 0 atom stereocenters. The summed E-state index contributed by atoms with van der Waals surface area (Å²) in [6.45, 7) is 18.4. The van der Waals surface area contributed by atoms with E-state index in [9.17, 15) is 0 Å². The second-order valence-electron chi connectivity index (χ2n) is 10.7. The molecule has 6 nitrogen and oxygen atoms in total. The lowest BCUT2D eigenvalue weighted by molar-refractivity contribution is 0.0357. The van der Waals surface area contributed by atoms with Crippen molar-refractivity contribution < 1.29 is 14.2 Å². The van der Waals surface area contributed by atoms with Gasteiger partial charge in [-0.1, -0.05) is 58.0 Å². The van der Waals surface area contributed by atoms with Crippen molar-refractivity contribution in [2.75, 3.05) is 39.5 Å². The lowest BCUT2D eigenvalue weighted by Crippen LogP contribution is -2.37. The molecule has 210 valence electrons. The molecule has 0 spiro atoms. The molecule has 0 radical (unpaired) electrons. The summed E-state index contributed by atoms with van der Waals surface area (Å²) in [6.07, 6.45) is 2.79. The number of morpholine rings is 1. The first-order chi connectivity index (χ1) is 18.9. The molecule has 0 amide bonds. The van der Waals surface area contributed by atoms with E-state index in [1.165, 1.54) is 16.7 Å². The van der Waals surface area contributed by atoms with Gasteiger partial charge in [-0.3, -0.25) is 4.90 Å². The van der Waals surface area contributed by atoms with E-state index in [1.807, 2.05) is 6.92 Å². The van der Waals surface area contributed by atoms with Gasteiger partial charge in [-0.25, -0.2) is 4.98 Å². The fraction of sp³-hybridized carbons (Fsp3) is 0.515. The van der Waals surface area contributed by atoms with Crippen molar-refractivity contribution >= 4 is 0 Å². The first-order valence-electron chi connectivity index (χ1n) is 14.6. The van der Waals surface area contributed by atoms with Crippen LogP contribution in [0.25, 0.3) is 11.4 Å². The summed E-state index contributed by atoms with van der Waals surface area (Å²) in [5.74, 6) is 2.71. The highest BCUT2D eigenvalue weighted by Gasteiger charge is 2.19. The molecular weight excluding hydrogens is 486 g/mol. The molecule has 1 fully saturated rings. The molecule has 2 aromatic carbocycles. The van der Waals surface area contributed by atoms with Gasteiger partial charge in [0.1, 0.15) is 12.4 Å². The number of rotatable bonds is 12. The summed E-state index contributed by atoms with van der Waals surface area (Å²) in [5, 5.41) is 0. The zero-order valence-electron chi connectivity index (χ0n) is 24.7. The van der Waals surface area contributed by atoms with Crippen LogP contribution in [0.1, 0.15) is 73.5 Å². The quantitative estimate of drug-likeness (QED) is 0.243. The molecule has 1 aromatic heterocycles. The topological polar surface area (TPSA) is 56.7 Å². The van der Waals surface area contributed by atoms with Gasteiger partial charge in [0.05, 0.1) is 31.1 Å². The van der Waals surface area contributed by atoms with Crippen LogP contribution in [0, 0.1) is 13.8 Å². The van der Waals surface area contributed by atoms with Gasteiger partial charge in [-0.05, 0) is 67.3 Å².